The van der Waals surface area contributed by atoms with Crippen molar-refractivity contribution >= 4 is 17.7 Å². The number of rotatable bonds is 4. The van der Waals surface area contributed by atoms with Crippen LogP contribution in [0.2, 0.25) is 0 Å². The molecule has 0 spiro atoms. The third-order valence-electron chi connectivity index (χ3n) is 3.99. The Bertz CT molecular complexity index is 269. The molecule has 0 bridgehead atoms. The topological polar surface area (TPSA) is 58.4 Å². The number of carbonyl (C=O) groups excluding carboxylic acids is 1. The Labute approximate surface area is 114 Å². The van der Waals surface area contributed by atoms with Gasteiger partial charge in [0.15, 0.2) is 0 Å². The monoisotopic (exact) mass is 271 g/mol. The van der Waals surface area contributed by atoms with Gasteiger partial charge in [-0.2, -0.15) is 11.8 Å². The molecule has 2 unspecified atom stereocenters. The summed E-state index contributed by atoms with van der Waals surface area (Å²) in [4.78, 5) is 14.5. The first-order valence-corrected chi connectivity index (χ1v) is 8.26. The summed E-state index contributed by atoms with van der Waals surface area (Å²) in [6, 6.07) is 0.0742. The van der Waals surface area contributed by atoms with Crippen molar-refractivity contribution < 1.29 is 4.79 Å². The van der Waals surface area contributed by atoms with Crippen molar-refractivity contribution in [3.8, 4) is 0 Å². The molecule has 3 N–H and O–H groups in total. The second kappa shape index (κ2) is 7.36. The average Bonchev–Trinajstić information content (AvgIpc) is 2.40. The first-order valence-electron chi connectivity index (χ1n) is 7.11. The number of nitrogens with zero attached hydrogens (tertiary/aromatic N) is 1. The van der Waals surface area contributed by atoms with Crippen LogP contribution in [-0.4, -0.2) is 54.5 Å². The SMILES string of the molecule is NC1CCCCC1C(=O)NCCN1CCSCC1. The molecular formula is C13H25N3OS. The summed E-state index contributed by atoms with van der Waals surface area (Å²) in [5, 5.41) is 3.06. The normalized spacial score (nSPS) is 30.1. The van der Waals surface area contributed by atoms with E-state index in [1.807, 2.05) is 11.8 Å². The molecule has 1 amide bonds. The molecule has 2 fully saturated rings. The van der Waals surface area contributed by atoms with E-state index in [0.29, 0.717) is 0 Å². The summed E-state index contributed by atoms with van der Waals surface area (Å²) in [5.41, 5.74) is 6.02. The van der Waals surface area contributed by atoms with Crippen molar-refractivity contribution in [2.24, 2.45) is 11.7 Å². The Balaban J connectivity index is 1.64. The first-order chi connectivity index (χ1) is 8.77. The number of thioether (sulfide) groups is 1. The minimum absolute atomic E-state index is 0.0515. The molecule has 1 heterocycles. The molecule has 1 aliphatic heterocycles. The molecule has 1 aliphatic carbocycles. The molecule has 2 aliphatic rings. The van der Waals surface area contributed by atoms with E-state index in [1.165, 1.54) is 17.9 Å². The molecule has 104 valence electrons. The van der Waals surface area contributed by atoms with Crippen LogP contribution in [0.1, 0.15) is 25.7 Å². The summed E-state index contributed by atoms with van der Waals surface area (Å²) in [5.74, 6) is 2.67. The maximum absolute atomic E-state index is 12.0. The second-order valence-electron chi connectivity index (χ2n) is 5.30. The maximum Gasteiger partial charge on any atom is 0.224 e. The van der Waals surface area contributed by atoms with Crippen LogP contribution in [0, 0.1) is 5.92 Å². The lowest BCUT2D eigenvalue weighted by atomic mass is 9.84. The lowest BCUT2D eigenvalue weighted by Crippen LogP contribution is -2.46. The van der Waals surface area contributed by atoms with Gasteiger partial charge in [0.25, 0.3) is 0 Å². The van der Waals surface area contributed by atoms with Gasteiger partial charge in [0.05, 0.1) is 5.92 Å². The van der Waals surface area contributed by atoms with Crippen LogP contribution in [0.5, 0.6) is 0 Å². The predicted molar refractivity (Wildman–Crippen MR) is 76.7 cm³/mol. The molecular weight excluding hydrogens is 246 g/mol. The van der Waals surface area contributed by atoms with Crippen molar-refractivity contribution in [1.29, 1.82) is 0 Å². The average molecular weight is 271 g/mol. The summed E-state index contributed by atoms with van der Waals surface area (Å²) in [6.45, 7) is 4.06. The van der Waals surface area contributed by atoms with Gasteiger partial charge >= 0.3 is 0 Å². The van der Waals surface area contributed by atoms with E-state index in [1.54, 1.807) is 0 Å². The third kappa shape index (κ3) is 4.14. The Morgan fingerprint density at radius 1 is 1.28 bits per heavy atom. The number of nitrogens with two attached hydrogens (primary N) is 1. The highest BCUT2D eigenvalue weighted by Gasteiger charge is 2.27. The molecule has 2 rings (SSSR count). The number of hydrogen-bond donors (Lipinski definition) is 2. The van der Waals surface area contributed by atoms with Crippen LogP contribution in [0.25, 0.3) is 0 Å². The smallest absolute Gasteiger partial charge is 0.224 e. The molecule has 4 nitrogen and oxygen atoms in total. The van der Waals surface area contributed by atoms with Crippen LogP contribution >= 0.6 is 11.8 Å². The molecule has 0 radical (unpaired) electrons. The van der Waals surface area contributed by atoms with Crippen molar-refractivity contribution in [3.05, 3.63) is 0 Å². The fourth-order valence-corrected chi connectivity index (χ4v) is 3.76. The molecule has 18 heavy (non-hydrogen) atoms. The summed E-state index contributed by atoms with van der Waals surface area (Å²) < 4.78 is 0. The third-order valence-corrected chi connectivity index (χ3v) is 4.93. The number of amides is 1. The summed E-state index contributed by atoms with van der Waals surface area (Å²) >= 11 is 2.02. The van der Waals surface area contributed by atoms with E-state index in [0.717, 1.165) is 45.4 Å². The molecule has 0 aromatic rings. The van der Waals surface area contributed by atoms with Crippen molar-refractivity contribution in [2.45, 2.75) is 31.7 Å². The Kier molecular flexibility index (Phi) is 5.79. The minimum Gasteiger partial charge on any atom is -0.355 e. The first kappa shape index (κ1) is 14.2. The van der Waals surface area contributed by atoms with Gasteiger partial charge in [0.2, 0.25) is 5.91 Å². The van der Waals surface area contributed by atoms with Gasteiger partial charge in [-0.15, -0.1) is 0 Å². The Morgan fingerprint density at radius 3 is 2.72 bits per heavy atom. The van der Waals surface area contributed by atoms with Crippen molar-refractivity contribution in [3.63, 3.8) is 0 Å². The highest BCUT2D eigenvalue weighted by Crippen LogP contribution is 2.22. The molecule has 1 saturated carbocycles. The van der Waals surface area contributed by atoms with Crippen LogP contribution in [0.4, 0.5) is 0 Å². The van der Waals surface area contributed by atoms with Gasteiger partial charge < -0.3 is 11.1 Å². The zero-order valence-electron chi connectivity index (χ0n) is 11.1. The largest absolute Gasteiger partial charge is 0.355 e. The van der Waals surface area contributed by atoms with Crippen LogP contribution < -0.4 is 11.1 Å². The van der Waals surface area contributed by atoms with E-state index in [2.05, 4.69) is 10.2 Å². The molecule has 5 heteroatoms. The van der Waals surface area contributed by atoms with E-state index >= 15 is 0 Å². The van der Waals surface area contributed by atoms with Crippen molar-refractivity contribution in [1.82, 2.24) is 10.2 Å². The minimum atomic E-state index is 0.0515. The van der Waals surface area contributed by atoms with E-state index in [9.17, 15) is 4.79 Å². The zero-order valence-corrected chi connectivity index (χ0v) is 11.9. The standard InChI is InChI=1S/C13H25N3OS/c14-12-4-2-1-3-11(12)13(17)15-5-6-16-7-9-18-10-8-16/h11-12H,1-10,14H2,(H,15,17). The van der Waals surface area contributed by atoms with Crippen molar-refractivity contribution in [2.75, 3.05) is 37.7 Å². The quantitative estimate of drug-likeness (QED) is 0.789. The van der Waals surface area contributed by atoms with Gasteiger partial charge in [0, 0.05) is 43.7 Å². The molecule has 0 aromatic heterocycles. The van der Waals surface area contributed by atoms with Crippen LogP contribution in [-0.2, 0) is 4.79 Å². The lowest BCUT2D eigenvalue weighted by molar-refractivity contribution is -0.126. The zero-order chi connectivity index (χ0) is 12.8. The van der Waals surface area contributed by atoms with E-state index in [4.69, 9.17) is 5.73 Å². The summed E-state index contributed by atoms with van der Waals surface area (Å²) in [6.07, 6.45) is 4.29. The maximum atomic E-state index is 12.0. The Hall–Kier alpha value is -0.260. The fourth-order valence-electron chi connectivity index (χ4n) is 2.78. The van der Waals surface area contributed by atoms with Gasteiger partial charge in [-0.05, 0) is 12.8 Å². The number of carbonyl (C=O) groups is 1. The van der Waals surface area contributed by atoms with Crippen LogP contribution in [0.3, 0.4) is 0 Å². The highest BCUT2D eigenvalue weighted by atomic mass is 32.2. The second-order valence-corrected chi connectivity index (χ2v) is 6.52. The number of hydrogen-bond acceptors (Lipinski definition) is 4. The Morgan fingerprint density at radius 2 is 2.00 bits per heavy atom. The molecule has 2 atom stereocenters. The number of nitrogens with one attached hydrogen (secondary N) is 1. The van der Waals surface area contributed by atoms with E-state index in [-0.39, 0.29) is 17.9 Å². The fraction of sp³-hybridized carbons (Fsp3) is 0.923. The molecule has 1 saturated heterocycles. The van der Waals surface area contributed by atoms with Gasteiger partial charge in [0.1, 0.15) is 0 Å². The van der Waals surface area contributed by atoms with Gasteiger partial charge in [-0.1, -0.05) is 12.8 Å². The van der Waals surface area contributed by atoms with Crippen LogP contribution in [0.15, 0.2) is 0 Å². The highest BCUT2D eigenvalue weighted by molar-refractivity contribution is 7.99. The van der Waals surface area contributed by atoms with E-state index < -0.39 is 0 Å². The molecule has 0 aromatic carbocycles. The summed E-state index contributed by atoms with van der Waals surface area (Å²) in [7, 11) is 0. The van der Waals surface area contributed by atoms with Gasteiger partial charge in [-0.3, -0.25) is 9.69 Å². The lowest BCUT2D eigenvalue weighted by Gasteiger charge is -2.29. The van der Waals surface area contributed by atoms with Gasteiger partial charge in [-0.25, -0.2) is 0 Å². The predicted octanol–water partition coefficient (Wildman–Crippen LogP) is 0.669.